The fourth-order valence-electron chi connectivity index (χ4n) is 3.89. The molecule has 0 radical (unpaired) electrons. The molecule has 11 heteroatoms. The molecule has 1 aromatic heterocycles. The molecule has 43 heavy (non-hydrogen) atoms. The van der Waals surface area contributed by atoms with Gasteiger partial charge < -0.3 is 30.2 Å². The van der Waals surface area contributed by atoms with Gasteiger partial charge in [0.25, 0.3) is 11.8 Å². The lowest BCUT2D eigenvalue weighted by atomic mass is 10.1. The number of rotatable bonds is 12. The number of anilines is 2. The number of nitrogens with zero attached hydrogens (tertiary/aromatic N) is 1. The summed E-state index contributed by atoms with van der Waals surface area (Å²) < 4.78 is 16.2. The van der Waals surface area contributed by atoms with E-state index in [9.17, 15) is 14.4 Å². The Labute approximate surface area is 253 Å². The molecule has 4 rings (SSSR count). The Morgan fingerprint density at radius 3 is 2.09 bits per heavy atom. The number of amides is 3. The fourth-order valence-corrected chi connectivity index (χ4v) is 4.59. The first kappa shape index (κ1) is 30.7. The largest absolute Gasteiger partial charge is 0.493 e. The molecule has 0 aliphatic carbocycles. The minimum Gasteiger partial charge on any atom is -0.493 e. The molecule has 0 bridgehead atoms. The Kier molecular flexibility index (Phi) is 10.8. The second kappa shape index (κ2) is 15.1. The highest BCUT2D eigenvalue weighted by molar-refractivity contribution is 8.00. The van der Waals surface area contributed by atoms with Gasteiger partial charge in [-0.2, -0.15) is 0 Å². The quantitative estimate of drug-likeness (QED) is 0.149. The topological polar surface area (TPSA) is 128 Å². The lowest BCUT2D eigenvalue weighted by Gasteiger charge is -2.15. The van der Waals surface area contributed by atoms with Crippen LogP contribution in [0, 0.1) is 0 Å². The van der Waals surface area contributed by atoms with Crippen molar-refractivity contribution in [1.82, 2.24) is 10.3 Å². The van der Waals surface area contributed by atoms with Gasteiger partial charge in [0.2, 0.25) is 11.7 Å². The smallest absolute Gasteiger partial charge is 0.272 e. The first-order valence-corrected chi connectivity index (χ1v) is 14.0. The van der Waals surface area contributed by atoms with Crippen molar-refractivity contribution < 1.29 is 28.6 Å². The third kappa shape index (κ3) is 8.60. The van der Waals surface area contributed by atoms with Gasteiger partial charge in [-0.05, 0) is 72.3 Å². The molecular formula is C32H30N4O6S. The number of thioether (sulfide) groups is 1. The van der Waals surface area contributed by atoms with Crippen LogP contribution in [-0.2, 0) is 9.59 Å². The molecule has 0 atom stereocenters. The van der Waals surface area contributed by atoms with E-state index in [-0.39, 0.29) is 17.4 Å². The zero-order valence-corrected chi connectivity index (χ0v) is 24.6. The fraction of sp³-hybridized carbons (Fsp3) is 0.125. The van der Waals surface area contributed by atoms with E-state index in [0.717, 1.165) is 4.90 Å². The average Bonchev–Trinajstić information content (AvgIpc) is 3.04. The zero-order valence-electron chi connectivity index (χ0n) is 23.7. The van der Waals surface area contributed by atoms with Crippen molar-refractivity contribution in [3.8, 4) is 17.2 Å². The van der Waals surface area contributed by atoms with Gasteiger partial charge in [-0.25, -0.2) is 4.98 Å². The number of nitrogens with one attached hydrogen (secondary N) is 3. The molecule has 0 saturated carbocycles. The molecule has 220 valence electrons. The van der Waals surface area contributed by atoms with E-state index in [4.69, 9.17) is 14.2 Å². The van der Waals surface area contributed by atoms with Crippen LogP contribution in [0.4, 0.5) is 11.5 Å². The Hall–Kier alpha value is -5.29. The van der Waals surface area contributed by atoms with E-state index < -0.39 is 11.8 Å². The van der Waals surface area contributed by atoms with Crippen LogP contribution >= 0.6 is 11.8 Å². The van der Waals surface area contributed by atoms with Crippen LogP contribution < -0.4 is 30.2 Å². The van der Waals surface area contributed by atoms with Gasteiger partial charge in [0, 0.05) is 22.3 Å². The maximum atomic E-state index is 13.4. The molecule has 3 N–H and O–H groups in total. The van der Waals surface area contributed by atoms with Gasteiger partial charge in [-0.3, -0.25) is 14.4 Å². The number of hydrogen-bond donors (Lipinski definition) is 3. The molecule has 10 nitrogen and oxygen atoms in total. The van der Waals surface area contributed by atoms with E-state index in [1.54, 1.807) is 91.1 Å². The van der Waals surface area contributed by atoms with E-state index in [1.807, 2.05) is 0 Å². The molecule has 4 aromatic rings. The number of aromatic nitrogens is 1. The molecule has 0 unspecified atom stereocenters. The summed E-state index contributed by atoms with van der Waals surface area (Å²) in [6.45, 7) is 0. The number of carbonyl (C=O) groups excluding carboxylic acids is 3. The van der Waals surface area contributed by atoms with Crippen LogP contribution in [0.3, 0.4) is 0 Å². The van der Waals surface area contributed by atoms with Gasteiger partial charge in [-0.15, -0.1) is 11.8 Å². The van der Waals surface area contributed by atoms with Crippen molar-refractivity contribution in [3.05, 3.63) is 108 Å². The van der Waals surface area contributed by atoms with Crippen LogP contribution in [0.5, 0.6) is 17.2 Å². The summed E-state index contributed by atoms with van der Waals surface area (Å²) in [5.74, 6) is 0.674. The van der Waals surface area contributed by atoms with Crippen molar-refractivity contribution in [2.75, 3.05) is 37.7 Å². The Balaban J connectivity index is 1.50. The first-order valence-electron chi connectivity index (χ1n) is 13.0. The predicted octanol–water partition coefficient (Wildman–Crippen LogP) is 5.25. The van der Waals surface area contributed by atoms with Crippen molar-refractivity contribution >= 4 is 47.1 Å². The van der Waals surface area contributed by atoms with E-state index >= 15 is 0 Å². The summed E-state index contributed by atoms with van der Waals surface area (Å²) >= 11 is 1.34. The second-order valence-corrected chi connectivity index (χ2v) is 9.92. The summed E-state index contributed by atoms with van der Waals surface area (Å²) in [6.07, 6.45) is 3.12. The standard InChI is InChI=1S/C32H30N4O6S/c1-40-26-18-21(19-27(41-2)30(26)42-3)17-25(35-31(38)22-9-5-4-6-10-22)32(39)34-23-12-14-24(15-13-23)43-20-29(37)36-28-11-7-8-16-33-28/h4-19H,20H2,1-3H3,(H,34,39)(H,35,38)(H,33,36,37)/b25-17-. The second-order valence-electron chi connectivity index (χ2n) is 8.87. The molecule has 3 amide bonds. The lowest BCUT2D eigenvalue weighted by Crippen LogP contribution is -2.30. The Morgan fingerprint density at radius 2 is 1.49 bits per heavy atom. The Morgan fingerprint density at radius 1 is 0.814 bits per heavy atom. The average molecular weight is 599 g/mol. The number of ether oxygens (including phenoxy) is 3. The van der Waals surface area contributed by atoms with Crippen LogP contribution in [0.15, 0.2) is 102 Å². The molecule has 3 aromatic carbocycles. The molecule has 1 heterocycles. The highest BCUT2D eigenvalue weighted by atomic mass is 32.2. The highest BCUT2D eigenvalue weighted by Gasteiger charge is 2.18. The minimum absolute atomic E-state index is 0.00669. The maximum absolute atomic E-state index is 13.4. The highest BCUT2D eigenvalue weighted by Crippen LogP contribution is 2.38. The molecule has 0 fully saturated rings. The summed E-state index contributed by atoms with van der Waals surface area (Å²) in [6, 6.07) is 24.2. The van der Waals surface area contributed by atoms with Gasteiger partial charge in [0.1, 0.15) is 11.5 Å². The van der Waals surface area contributed by atoms with E-state index in [2.05, 4.69) is 20.9 Å². The summed E-state index contributed by atoms with van der Waals surface area (Å²) in [5.41, 5.74) is 1.41. The van der Waals surface area contributed by atoms with Crippen molar-refractivity contribution in [1.29, 1.82) is 0 Å². The van der Waals surface area contributed by atoms with Crippen LogP contribution in [-0.4, -0.2) is 49.8 Å². The van der Waals surface area contributed by atoms with Crippen LogP contribution in [0.1, 0.15) is 15.9 Å². The van der Waals surface area contributed by atoms with Crippen molar-refractivity contribution in [2.45, 2.75) is 4.90 Å². The number of benzene rings is 3. The lowest BCUT2D eigenvalue weighted by molar-refractivity contribution is -0.114. The van der Waals surface area contributed by atoms with Gasteiger partial charge >= 0.3 is 0 Å². The molecular weight excluding hydrogens is 568 g/mol. The molecule has 0 saturated heterocycles. The molecule has 0 aliphatic rings. The zero-order chi connectivity index (χ0) is 30.6. The van der Waals surface area contributed by atoms with Gasteiger partial charge in [0.15, 0.2) is 11.5 Å². The van der Waals surface area contributed by atoms with Crippen LogP contribution in [0.2, 0.25) is 0 Å². The summed E-state index contributed by atoms with van der Waals surface area (Å²) in [5, 5.41) is 8.27. The third-order valence-electron chi connectivity index (χ3n) is 5.94. The SMILES string of the molecule is COc1cc(/C=C(\NC(=O)c2ccccc2)C(=O)Nc2ccc(SCC(=O)Nc3ccccn3)cc2)cc(OC)c1OC. The van der Waals surface area contributed by atoms with Gasteiger partial charge in [0.05, 0.1) is 27.1 Å². The normalized spacial score (nSPS) is 10.8. The number of methoxy groups -OCH3 is 3. The minimum atomic E-state index is -0.548. The van der Waals surface area contributed by atoms with Gasteiger partial charge in [-0.1, -0.05) is 24.3 Å². The van der Waals surface area contributed by atoms with E-state index in [1.165, 1.54) is 39.2 Å². The number of hydrogen-bond acceptors (Lipinski definition) is 8. The van der Waals surface area contributed by atoms with Crippen LogP contribution in [0.25, 0.3) is 6.08 Å². The maximum Gasteiger partial charge on any atom is 0.272 e. The van der Waals surface area contributed by atoms with Crippen molar-refractivity contribution in [3.63, 3.8) is 0 Å². The monoisotopic (exact) mass is 598 g/mol. The number of carbonyl (C=O) groups is 3. The molecule has 0 aliphatic heterocycles. The first-order chi connectivity index (χ1) is 20.9. The summed E-state index contributed by atoms with van der Waals surface area (Å²) in [7, 11) is 4.48. The predicted molar refractivity (Wildman–Crippen MR) is 167 cm³/mol. The number of pyridine rings is 1. The Bertz CT molecular complexity index is 1570. The molecule has 0 spiro atoms. The van der Waals surface area contributed by atoms with Crippen molar-refractivity contribution in [2.24, 2.45) is 0 Å². The summed E-state index contributed by atoms with van der Waals surface area (Å²) in [4.78, 5) is 43.6. The third-order valence-corrected chi connectivity index (χ3v) is 6.95. The van der Waals surface area contributed by atoms with E-state index in [0.29, 0.717) is 39.9 Å².